The number of amides is 1. The molecule has 152 valence electrons. The Balaban J connectivity index is 1.60. The zero-order valence-corrected chi connectivity index (χ0v) is 16.6. The van der Waals surface area contributed by atoms with Crippen molar-refractivity contribution in [3.05, 3.63) is 41.2 Å². The maximum Gasteiger partial charge on any atom is 0.225 e. The summed E-state index contributed by atoms with van der Waals surface area (Å²) in [5.41, 5.74) is 2.35. The van der Waals surface area contributed by atoms with Crippen LogP contribution in [0, 0.1) is 0 Å². The lowest BCUT2D eigenvalue weighted by Crippen LogP contribution is -2.46. The fraction of sp³-hybridized carbons (Fsp3) is 0.429. The summed E-state index contributed by atoms with van der Waals surface area (Å²) in [6, 6.07) is 5.68. The molecule has 1 fully saturated rings. The molecule has 1 aliphatic carbocycles. The number of hydrogen-bond donors (Lipinski definition) is 0. The highest BCUT2D eigenvalue weighted by Gasteiger charge is 2.30. The minimum Gasteiger partial charge on any atom is -0.497 e. The van der Waals surface area contributed by atoms with Crippen molar-refractivity contribution in [3.8, 4) is 11.5 Å². The zero-order chi connectivity index (χ0) is 20.4. The third kappa shape index (κ3) is 3.74. The van der Waals surface area contributed by atoms with Crippen LogP contribution in [-0.2, 0) is 11.2 Å². The number of benzene rings is 1. The molecule has 8 nitrogen and oxygen atoms in total. The maximum absolute atomic E-state index is 12.8. The summed E-state index contributed by atoms with van der Waals surface area (Å²) in [6.07, 6.45) is 3.56. The first-order valence-corrected chi connectivity index (χ1v) is 9.68. The number of piperazine rings is 1. The molecule has 1 aliphatic heterocycles. The molecule has 1 atom stereocenters. The largest absolute Gasteiger partial charge is 0.497 e. The SMILES string of the molecule is COc1ccc(C2CC(=O)c3cnc(N4CCN(C=O)CC4)nc3C2)c(OC)c1. The summed E-state index contributed by atoms with van der Waals surface area (Å²) < 4.78 is 10.8. The van der Waals surface area contributed by atoms with Gasteiger partial charge < -0.3 is 19.3 Å². The quantitative estimate of drug-likeness (QED) is 0.711. The van der Waals surface area contributed by atoms with Crippen molar-refractivity contribution in [2.24, 2.45) is 0 Å². The number of rotatable bonds is 5. The van der Waals surface area contributed by atoms with Gasteiger partial charge in [0.1, 0.15) is 11.5 Å². The number of ether oxygens (including phenoxy) is 2. The molecule has 29 heavy (non-hydrogen) atoms. The van der Waals surface area contributed by atoms with Gasteiger partial charge in [0, 0.05) is 50.8 Å². The predicted octanol–water partition coefficient (Wildman–Crippen LogP) is 1.68. The Hall–Kier alpha value is -3.16. The van der Waals surface area contributed by atoms with Crippen LogP contribution in [0.1, 0.15) is 34.0 Å². The van der Waals surface area contributed by atoms with Crippen molar-refractivity contribution in [2.75, 3.05) is 45.3 Å². The van der Waals surface area contributed by atoms with Crippen LogP contribution in [0.5, 0.6) is 11.5 Å². The Labute approximate surface area is 169 Å². The minimum atomic E-state index is -0.00878. The standard InChI is InChI=1S/C21H24N4O4/c1-28-15-3-4-16(20(11-15)29-2)14-9-18-17(19(27)10-14)12-22-21(23-18)25-7-5-24(13-26)6-8-25/h3-4,11-14H,5-10H2,1-2H3. The van der Waals surface area contributed by atoms with E-state index in [1.807, 2.05) is 18.2 Å². The van der Waals surface area contributed by atoms with Crippen molar-refractivity contribution < 1.29 is 19.1 Å². The van der Waals surface area contributed by atoms with E-state index in [2.05, 4.69) is 9.88 Å². The van der Waals surface area contributed by atoms with Crippen LogP contribution in [0.25, 0.3) is 0 Å². The third-order valence-electron chi connectivity index (χ3n) is 5.65. The van der Waals surface area contributed by atoms with Gasteiger partial charge >= 0.3 is 0 Å². The van der Waals surface area contributed by atoms with E-state index in [9.17, 15) is 9.59 Å². The summed E-state index contributed by atoms with van der Waals surface area (Å²) in [4.78, 5) is 36.6. The van der Waals surface area contributed by atoms with Crippen LogP contribution in [-0.4, -0.2) is 67.5 Å². The molecule has 1 aromatic heterocycles. The highest BCUT2D eigenvalue weighted by molar-refractivity contribution is 5.98. The van der Waals surface area contributed by atoms with Crippen molar-refractivity contribution in [1.29, 1.82) is 0 Å². The molecule has 0 radical (unpaired) electrons. The number of aromatic nitrogens is 2. The lowest BCUT2D eigenvalue weighted by molar-refractivity contribution is -0.118. The molecule has 0 bridgehead atoms. The van der Waals surface area contributed by atoms with Crippen LogP contribution in [0.2, 0.25) is 0 Å². The molecule has 1 amide bonds. The molecule has 8 heteroatoms. The Bertz CT molecular complexity index is 925. The van der Waals surface area contributed by atoms with E-state index in [4.69, 9.17) is 14.5 Å². The van der Waals surface area contributed by atoms with E-state index >= 15 is 0 Å². The van der Waals surface area contributed by atoms with Gasteiger partial charge in [-0.2, -0.15) is 0 Å². The van der Waals surface area contributed by atoms with Crippen molar-refractivity contribution in [3.63, 3.8) is 0 Å². The van der Waals surface area contributed by atoms with E-state index in [-0.39, 0.29) is 11.7 Å². The molecule has 0 N–H and O–H groups in total. The topological polar surface area (TPSA) is 84.9 Å². The smallest absolute Gasteiger partial charge is 0.225 e. The van der Waals surface area contributed by atoms with Crippen molar-refractivity contribution in [1.82, 2.24) is 14.9 Å². The lowest BCUT2D eigenvalue weighted by Gasteiger charge is -2.33. The molecular weight excluding hydrogens is 372 g/mol. The van der Waals surface area contributed by atoms with Gasteiger partial charge in [-0.05, 0) is 18.1 Å². The molecule has 4 rings (SSSR count). The fourth-order valence-electron chi connectivity index (χ4n) is 3.99. The van der Waals surface area contributed by atoms with Gasteiger partial charge in [-0.1, -0.05) is 6.07 Å². The molecule has 2 aliphatic rings. The van der Waals surface area contributed by atoms with Gasteiger partial charge in [0.2, 0.25) is 12.4 Å². The molecule has 2 heterocycles. The van der Waals surface area contributed by atoms with Crippen molar-refractivity contribution in [2.45, 2.75) is 18.8 Å². The predicted molar refractivity (Wildman–Crippen MR) is 107 cm³/mol. The molecule has 1 aromatic carbocycles. The number of anilines is 1. The first-order valence-electron chi connectivity index (χ1n) is 9.68. The Morgan fingerprint density at radius 3 is 2.59 bits per heavy atom. The van der Waals surface area contributed by atoms with E-state index in [1.54, 1.807) is 25.3 Å². The second-order valence-corrected chi connectivity index (χ2v) is 7.30. The number of carbonyl (C=O) groups excluding carboxylic acids is 2. The highest BCUT2D eigenvalue weighted by Crippen LogP contribution is 2.38. The summed E-state index contributed by atoms with van der Waals surface area (Å²) >= 11 is 0. The molecule has 0 spiro atoms. The lowest BCUT2D eigenvalue weighted by atomic mass is 9.82. The summed E-state index contributed by atoms with van der Waals surface area (Å²) in [6.45, 7) is 2.66. The first-order chi connectivity index (χ1) is 14.1. The van der Waals surface area contributed by atoms with Gasteiger partial charge in [-0.25, -0.2) is 9.97 Å². The van der Waals surface area contributed by atoms with E-state index in [0.29, 0.717) is 62.0 Å². The minimum absolute atomic E-state index is 0.00878. The molecule has 1 unspecified atom stereocenters. The number of fused-ring (bicyclic) bond motifs is 1. The Morgan fingerprint density at radius 2 is 1.90 bits per heavy atom. The number of methoxy groups -OCH3 is 2. The van der Waals surface area contributed by atoms with Gasteiger partial charge in [-0.3, -0.25) is 9.59 Å². The number of Topliss-reactive ketones (excluding diaryl/α,β-unsaturated/α-hetero) is 1. The van der Waals surface area contributed by atoms with Crippen LogP contribution in [0.15, 0.2) is 24.4 Å². The fourth-order valence-corrected chi connectivity index (χ4v) is 3.99. The van der Waals surface area contributed by atoms with E-state index in [0.717, 1.165) is 17.7 Å². The second-order valence-electron chi connectivity index (χ2n) is 7.30. The average molecular weight is 396 g/mol. The Morgan fingerprint density at radius 1 is 1.10 bits per heavy atom. The second kappa shape index (κ2) is 8.06. The number of ketones is 1. The molecular formula is C21H24N4O4. The van der Waals surface area contributed by atoms with E-state index < -0.39 is 0 Å². The third-order valence-corrected chi connectivity index (χ3v) is 5.65. The summed E-state index contributed by atoms with van der Waals surface area (Å²) in [7, 11) is 3.23. The normalized spacial score (nSPS) is 19.0. The van der Waals surface area contributed by atoms with Crippen LogP contribution >= 0.6 is 0 Å². The van der Waals surface area contributed by atoms with Crippen LogP contribution < -0.4 is 14.4 Å². The first kappa shape index (κ1) is 19.2. The summed E-state index contributed by atoms with van der Waals surface area (Å²) in [5.74, 6) is 2.08. The average Bonchev–Trinajstić information content (AvgIpc) is 2.78. The Kier molecular flexibility index (Phi) is 5.33. The zero-order valence-electron chi connectivity index (χ0n) is 16.6. The molecule has 2 aromatic rings. The van der Waals surface area contributed by atoms with Crippen LogP contribution in [0.3, 0.4) is 0 Å². The number of nitrogens with zero attached hydrogens (tertiary/aromatic N) is 4. The van der Waals surface area contributed by atoms with Gasteiger partial charge in [0.25, 0.3) is 0 Å². The number of carbonyl (C=O) groups is 2. The van der Waals surface area contributed by atoms with Gasteiger partial charge in [0.05, 0.1) is 25.5 Å². The number of hydrogen-bond acceptors (Lipinski definition) is 7. The van der Waals surface area contributed by atoms with Gasteiger partial charge in [-0.15, -0.1) is 0 Å². The summed E-state index contributed by atoms with van der Waals surface area (Å²) in [5, 5.41) is 0. The van der Waals surface area contributed by atoms with Crippen molar-refractivity contribution >= 4 is 18.1 Å². The van der Waals surface area contributed by atoms with Gasteiger partial charge in [0.15, 0.2) is 5.78 Å². The maximum atomic E-state index is 12.8. The highest BCUT2D eigenvalue weighted by atomic mass is 16.5. The van der Waals surface area contributed by atoms with Crippen LogP contribution in [0.4, 0.5) is 5.95 Å². The van der Waals surface area contributed by atoms with E-state index in [1.165, 1.54) is 0 Å². The monoisotopic (exact) mass is 396 g/mol. The molecule has 1 saturated heterocycles. The molecule has 0 saturated carbocycles.